The lowest BCUT2D eigenvalue weighted by atomic mass is 9.94. The topological polar surface area (TPSA) is 27.7 Å². The predicted molar refractivity (Wildman–Crippen MR) is 86.3 cm³/mol. The van der Waals surface area contributed by atoms with Crippen LogP contribution in [-0.4, -0.2) is 74.9 Å². The molecule has 1 heterocycles. The molecule has 0 spiro atoms. The van der Waals surface area contributed by atoms with Crippen LogP contribution in [0.5, 0.6) is 0 Å². The molecule has 0 saturated carbocycles. The first-order chi connectivity index (χ1) is 9.38. The molecule has 1 rings (SSSR count). The molecule has 0 bridgehead atoms. The van der Waals surface area contributed by atoms with E-state index in [0.717, 1.165) is 13.0 Å². The van der Waals surface area contributed by atoms with E-state index in [1.807, 2.05) is 7.11 Å². The highest BCUT2D eigenvalue weighted by Gasteiger charge is 2.26. The second-order valence-corrected chi connectivity index (χ2v) is 6.89. The lowest BCUT2D eigenvalue weighted by Crippen LogP contribution is -2.52. The van der Waals surface area contributed by atoms with Gasteiger partial charge in [-0.05, 0) is 53.8 Å². The van der Waals surface area contributed by atoms with Crippen LogP contribution in [0.3, 0.4) is 0 Å². The normalized spacial score (nSPS) is 24.0. The maximum Gasteiger partial charge on any atom is 0.0623 e. The molecule has 0 amide bonds. The van der Waals surface area contributed by atoms with Gasteiger partial charge in [0.2, 0.25) is 0 Å². The minimum atomic E-state index is -0.0110. The summed E-state index contributed by atoms with van der Waals surface area (Å²) in [5, 5.41) is 3.66. The van der Waals surface area contributed by atoms with Gasteiger partial charge in [-0.3, -0.25) is 0 Å². The standard InChI is InChI=1S/C16H35N3O/c1-7-17-14(8-9-16(2,3)20-6)12-15-13-18(4)10-11-19(15)5/h14-15,17H,7-13H2,1-6H3. The zero-order valence-electron chi connectivity index (χ0n) is 14.4. The van der Waals surface area contributed by atoms with Crippen LogP contribution < -0.4 is 5.32 Å². The number of hydrogen-bond donors (Lipinski definition) is 1. The molecule has 120 valence electrons. The summed E-state index contributed by atoms with van der Waals surface area (Å²) in [6.07, 6.45) is 3.52. The van der Waals surface area contributed by atoms with Gasteiger partial charge >= 0.3 is 0 Å². The van der Waals surface area contributed by atoms with Gasteiger partial charge in [-0.2, -0.15) is 0 Å². The van der Waals surface area contributed by atoms with Crippen molar-refractivity contribution in [2.24, 2.45) is 0 Å². The Bertz CT molecular complexity index is 270. The van der Waals surface area contributed by atoms with Crippen LogP contribution in [0.1, 0.15) is 40.0 Å². The third kappa shape index (κ3) is 6.08. The van der Waals surface area contributed by atoms with Crippen molar-refractivity contribution in [1.82, 2.24) is 15.1 Å². The van der Waals surface area contributed by atoms with Crippen molar-refractivity contribution in [3.05, 3.63) is 0 Å². The van der Waals surface area contributed by atoms with Gasteiger partial charge in [-0.1, -0.05) is 6.92 Å². The second-order valence-electron chi connectivity index (χ2n) is 6.89. The Morgan fingerprint density at radius 2 is 2.00 bits per heavy atom. The SMILES string of the molecule is CCNC(CCC(C)(C)OC)CC1CN(C)CCN1C. The summed E-state index contributed by atoms with van der Waals surface area (Å²) in [5.74, 6) is 0. The van der Waals surface area contributed by atoms with E-state index in [1.54, 1.807) is 0 Å². The Hall–Kier alpha value is -0.160. The second kappa shape index (κ2) is 8.32. The van der Waals surface area contributed by atoms with Gasteiger partial charge in [0, 0.05) is 38.8 Å². The van der Waals surface area contributed by atoms with Gasteiger partial charge in [0.05, 0.1) is 5.60 Å². The largest absolute Gasteiger partial charge is 0.379 e. The fourth-order valence-corrected chi connectivity index (χ4v) is 2.90. The van der Waals surface area contributed by atoms with Crippen LogP contribution in [0.25, 0.3) is 0 Å². The van der Waals surface area contributed by atoms with Crippen LogP contribution in [-0.2, 0) is 4.74 Å². The van der Waals surface area contributed by atoms with Crippen molar-refractivity contribution < 1.29 is 4.74 Å². The number of hydrogen-bond acceptors (Lipinski definition) is 4. The van der Waals surface area contributed by atoms with Crippen molar-refractivity contribution in [3.63, 3.8) is 0 Å². The lowest BCUT2D eigenvalue weighted by molar-refractivity contribution is 0.0102. The summed E-state index contributed by atoms with van der Waals surface area (Å²) < 4.78 is 5.55. The molecule has 0 aromatic heterocycles. The first-order valence-corrected chi connectivity index (χ1v) is 8.05. The fraction of sp³-hybridized carbons (Fsp3) is 1.00. The number of nitrogens with zero attached hydrogens (tertiary/aromatic N) is 2. The summed E-state index contributed by atoms with van der Waals surface area (Å²) in [6.45, 7) is 11.2. The number of piperazine rings is 1. The Balaban J connectivity index is 2.48. The molecule has 2 unspecified atom stereocenters. The van der Waals surface area contributed by atoms with Crippen LogP contribution in [0.15, 0.2) is 0 Å². The number of ether oxygens (including phenoxy) is 1. The quantitative estimate of drug-likeness (QED) is 0.736. The lowest BCUT2D eigenvalue weighted by Gasteiger charge is -2.39. The molecule has 2 atom stereocenters. The van der Waals surface area contributed by atoms with Crippen molar-refractivity contribution in [2.45, 2.75) is 57.7 Å². The molecular formula is C16H35N3O. The van der Waals surface area contributed by atoms with Crippen LogP contribution >= 0.6 is 0 Å². The van der Waals surface area contributed by atoms with Crippen LogP contribution in [0.4, 0.5) is 0 Å². The number of rotatable bonds is 8. The van der Waals surface area contributed by atoms with Crippen molar-refractivity contribution in [2.75, 3.05) is 47.4 Å². The number of methoxy groups -OCH3 is 1. The van der Waals surface area contributed by atoms with E-state index in [4.69, 9.17) is 4.74 Å². The highest BCUT2D eigenvalue weighted by atomic mass is 16.5. The maximum atomic E-state index is 5.55. The molecule has 0 aromatic rings. The van der Waals surface area contributed by atoms with Gasteiger partial charge < -0.3 is 19.9 Å². The summed E-state index contributed by atoms with van der Waals surface area (Å²) in [6, 6.07) is 1.26. The summed E-state index contributed by atoms with van der Waals surface area (Å²) in [5.41, 5.74) is -0.0110. The van der Waals surface area contributed by atoms with E-state index >= 15 is 0 Å². The van der Waals surface area contributed by atoms with Gasteiger partial charge in [-0.25, -0.2) is 0 Å². The maximum absolute atomic E-state index is 5.55. The first kappa shape index (κ1) is 17.9. The average Bonchev–Trinajstić information content (AvgIpc) is 2.40. The number of likely N-dealkylation sites (N-methyl/N-ethyl adjacent to an activating group) is 2. The molecule has 0 aromatic carbocycles. The molecule has 1 fully saturated rings. The zero-order chi connectivity index (χ0) is 15.2. The average molecular weight is 285 g/mol. The minimum absolute atomic E-state index is 0.0110. The minimum Gasteiger partial charge on any atom is -0.379 e. The molecular weight excluding hydrogens is 250 g/mol. The van der Waals surface area contributed by atoms with Crippen LogP contribution in [0.2, 0.25) is 0 Å². The molecule has 1 saturated heterocycles. The molecule has 0 aliphatic carbocycles. The monoisotopic (exact) mass is 285 g/mol. The summed E-state index contributed by atoms with van der Waals surface area (Å²) in [7, 11) is 6.31. The van der Waals surface area contributed by atoms with E-state index in [1.165, 1.54) is 32.5 Å². The Morgan fingerprint density at radius 3 is 2.60 bits per heavy atom. The van der Waals surface area contributed by atoms with E-state index in [9.17, 15) is 0 Å². The highest BCUT2D eigenvalue weighted by molar-refractivity contribution is 4.84. The smallest absolute Gasteiger partial charge is 0.0623 e. The fourth-order valence-electron chi connectivity index (χ4n) is 2.90. The van der Waals surface area contributed by atoms with E-state index in [2.05, 4.69) is 50.0 Å². The van der Waals surface area contributed by atoms with Crippen molar-refractivity contribution >= 4 is 0 Å². The summed E-state index contributed by atoms with van der Waals surface area (Å²) >= 11 is 0. The third-order valence-corrected chi connectivity index (χ3v) is 4.68. The Labute approximate surface area is 125 Å². The van der Waals surface area contributed by atoms with Gasteiger partial charge in [0.25, 0.3) is 0 Å². The van der Waals surface area contributed by atoms with Crippen molar-refractivity contribution in [1.29, 1.82) is 0 Å². The van der Waals surface area contributed by atoms with Gasteiger partial charge in [-0.15, -0.1) is 0 Å². The van der Waals surface area contributed by atoms with E-state index in [0.29, 0.717) is 12.1 Å². The van der Waals surface area contributed by atoms with E-state index in [-0.39, 0.29) is 5.60 Å². The number of nitrogens with one attached hydrogen (secondary N) is 1. The predicted octanol–water partition coefficient (Wildman–Crippen LogP) is 1.81. The van der Waals surface area contributed by atoms with Gasteiger partial charge in [0.15, 0.2) is 0 Å². The highest BCUT2D eigenvalue weighted by Crippen LogP contribution is 2.20. The molecule has 1 aliphatic heterocycles. The van der Waals surface area contributed by atoms with Gasteiger partial charge in [0.1, 0.15) is 0 Å². The third-order valence-electron chi connectivity index (χ3n) is 4.68. The Kier molecular flexibility index (Phi) is 7.45. The van der Waals surface area contributed by atoms with Crippen molar-refractivity contribution in [3.8, 4) is 0 Å². The summed E-state index contributed by atoms with van der Waals surface area (Å²) in [4.78, 5) is 4.97. The molecule has 4 heteroatoms. The first-order valence-electron chi connectivity index (χ1n) is 8.05. The zero-order valence-corrected chi connectivity index (χ0v) is 14.4. The molecule has 1 N–H and O–H groups in total. The molecule has 1 aliphatic rings. The molecule has 4 nitrogen and oxygen atoms in total. The molecule has 0 radical (unpaired) electrons. The van der Waals surface area contributed by atoms with Crippen LogP contribution in [0, 0.1) is 0 Å². The molecule has 20 heavy (non-hydrogen) atoms. The Morgan fingerprint density at radius 1 is 1.30 bits per heavy atom. The van der Waals surface area contributed by atoms with E-state index < -0.39 is 0 Å².